The van der Waals surface area contributed by atoms with Gasteiger partial charge in [0.1, 0.15) is 0 Å². The number of benzene rings is 1. The van der Waals surface area contributed by atoms with Gasteiger partial charge in [-0.05, 0) is 36.7 Å². The molecule has 1 aliphatic heterocycles. The van der Waals surface area contributed by atoms with Gasteiger partial charge < -0.3 is 15.3 Å². The SMILES string of the molecule is CC1CCN(C(=O)NC(CCC(=O)O)Cc2ccccc2)CC1C. The van der Waals surface area contributed by atoms with Crippen molar-refractivity contribution in [2.75, 3.05) is 13.1 Å². The van der Waals surface area contributed by atoms with Crippen molar-refractivity contribution < 1.29 is 14.7 Å². The van der Waals surface area contributed by atoms with Gasteiger partial charge in [0.05, 0.1) is 0 Å². The second-order valence-corrected chi connectivity index (χ2v) is 6.96. The van der Waals surface area contributed by atoms with Gasteiger partial charge >= 0.3 is 12.0 Å². The predicted octanol–water partition coefficient (Wildman–Crippen LogP) is 3.15. The first-order valence-corrected chi connectivity index (χ1v) is 8.77. The molecule has 1 saturated heterocycles. The number of hydrogen-bond acceptors (Lipinski definition) is 2. The van der Waals surface area contributed by atoms with Gasteiger partial charge in [-0.15, -0.1) is 0 Å². The van der Waals surface area contributed by atoms with Crippen molar-refractivity contribution in [3.63, 3.8) is 0 Å². The van der Waals surface area contributed by atoms with Crippen LogP contribution in [0.4, 0.5) is 4.79 Å². The number of carboxylic acid groups (broad SMARTS) is 1. The van der Waals surface area contributed by atoms with Crippen LogP contribution < -0.4 is 5.32 Å². The fraction of sp³-hybridized carbons (Fsp3) is 0.579. The lowest BCUT2D eigenvalue weighted by atomic mass is 9.89. The molecule has 1 aliphatic rings. The lowest BCUT2D eigenvalue weighted by molar-refractivity contribution is -0.137. The minimum absolute atomic E-state index is 0.0607. The zero-order chi connectivity index (χ0) is 17.5. The third-order valence-electron chi connectivity index (χ3n) is 4.98. The van der Waals surface area contributed by atoms with E-state index in [2.05, 4.69) is 19.2 Å². The molecule has 1 heterocycles. The van der Waals surface area contributed by atoms with Gasteiger partial charge in [0.2, 0.25) is 0 Å². The summed E-state index contributed by atoms with van der Waals surface area (Å²) in [6.45, 7) is 5.94. The number of piperidine rings is 1. The van der Waals surface area contributed by atoms with Crippen LogP contribution in [0.2, 0.25) is 0 Å². The molecule has 0 aromatic heterocycles. The summed E-state index contributed by atoms with van der Waals surface area (Å²) in [6, 6.07) is 9.64. The number of rotatable bonds is 6. The van der Waals surface area contributed by atoms with E-state index in [4.69, 9.17) is 5.11 Å². The van der Waals surface area contributed by atoms with E-state index in [-0.39, 0.29) is 18.5 Å². The molecule has 2 amide bonds. The number of hydrogen-bond donors (Lipinski definition) is 2. The second kappa shape index (κ2) is 8.71. The van der Waals surface area contributed by atoms with Crippen LogP contribution in [0.1, 0.15) is 38.7 Å². The fourth-order valence-corrected chi connectivity index (χ4v) is 3.13. The number of nitrogens with one attached hydrogen (secondary N) is 1. The number of urea groups is 1. The Hall–Kier alpha value is -2.04. The molecule has 3 atom stereocenters. The zero-order valence-corrected chi connectivity index (χ0v) is 14.6. The highest BCUT2D eigenvalue weighted by Gasteiger charge is 2.27. The standard InChI is InChI=1S/C19H28N2O3/c1-14-10-11-21(13-15(14)2)19(24)20-17(8-9-18(22)23)12-16-6-4-3-5-7-16/h3-7,14-15,17H,8-13H2,1-2H3,(H,20,24)(H,22,23). The van der Waals surface area contributed by atoms with Crippen molar-refractivity contribution in [1.82, 2.24) is 10.2 Å². The van der Waals surface area contributed by atoms with Gasteiger partial charge in [-0.3, -0.25) is 4.79 Å². The summed E-state index contributed by atoms with van der Waals surface area (Å²) in [5.41, 5.74) is 1.11. The predicted molar refractivity (Wildman–Crippen MR) is 93.9 cm³/mol. The molecular formula is C19H28N2O3. The van der Waals surface area contributed by atoms with Crippen LogP contribution >= 0.6 is 0 Å². The highest BCUT2D eigenvalue weighted by atomic mass is 16.4. The first kappa shape index (κ1) is 18.3. The van der Waals surface area contributed by atoms with E-state index in [0.717, 1.165) is 25.1 Å². The Morgan fingerprint density at radius 1 is 1.25 bits per heavy atom. The minimum atomic E-state index is -0.831. The third-order valence-corrected chi connectivity index (χ3v) is 4.98. The van der Waals surface area contributed by atoms with Crippen LogP contribution in [-0.2, 0) is 11.2 Å². The number of likely N-dealkylation sites (tertiary alicyclic amines) is 1. The number of nitrogens with zero attached hydrogens (tertiary/aromatic N) is 1. The van der Waals surface area contributed by atoms with Gasteiger partial charge in [-0.2, -0.15) is 0 Å². The molecule has 2 rings (SSSR count). The normalized spacial score (nSPS) is 22.0. The molecule has 5 heteroatoms. The van der Waals surface area contributed by atoms with Crippen LogP contribution in [-0.4, -0.2) is 41.1 Å². The molecule has 1 fully saturated rings. The zero-order valence-electron chi connectivity index (χ0n) is 14.6. The van der Waals surface area contributed by atoms with Crippen LogP contribution in [0.5, 0.6) is 0 Å². The van der Waals surface area contributed by atoms with Crippen LogP contribution in [0, 0.1) is 11.8 Å². The molecule has 1 aromatic carbocycles. The Morgan fingerprint density at radius 3 is 2.58 bits per heavy atom. The number of aliphatic carboxylic acids is 1. The lowest BCUT2D eigenvalue weighted by Crippen LogP contribution is -2.50. The molecule has 0 saturated carbocycles. The van der Waals surface area contributed by atoms with E-state index >= 15 is 0 Å². The molecular weight excluding hydrogens is 304 g/mol. The van der Waals surface area contributed by atoms with Gasteiger partial charge in [-0.25, -0.2) is 4.79 Å². The summed E-state index contributed by atoms with van der Waals surface area (Å²) in [4.78, 5) is 25.3. The smallest absolute Gasteiger partial charge is 0.317 e. The molecule has 0 radical (unpaired) electrons. The highest BCUT2D eigenvalue weighted by molar-refractivity contribution is 5.75. The average Bonchev–Trinajstić information content (AvgIpc) is 2.56. The third kappa shape index (κ3) is 5.55. The Kier molecular flexibility index (Phi) is 6.64. The van der Waals surface area contributed by atoms with Crippen molar-refractivity contribution in [2.24, 2.45) is 11.8 Å². The maximum Gasteiger partial charge on any atom is 0.317 e. The lowest BCUT2D eigenvalue weighted by Gasteiger charge is -2.36. The molecule has 0 bridgehead atoms. The Balaban J connectivity index is 1.95. The Morgan fingerprint density at radius 2 is 1.96 bits per heavy atom. The molecule has 0 aliphatic carbocycles. The minimum Gasteiger partial charge on any atom is -0.481 e. The molecule has 3 unspecified atom stereocenters. The van der Waals surface area contributed by atoms with Crippen LogP contribution in [0.25, 0.3) is 0 Å². The number of carboxylic acids is 1. The van der Waals surface area contributed by atoms with E-state index < -0.39 is 5.97 Å². The first-order valence-electron chi connectivity index (χ1n) is 8.77. The summed E-state index contributed by atoms with van der Waals surface area (Å²) in [6.07, 6.45) is 2.17. The Bertz CT molecular complexity index is 547. The van der Waals surface area contributed by atoms with E-state index in [1.807, 2.05) is 35.2 Å². The van der Waals surface area contributed by atoms with E-state index in [9.17, 15) is 9.59 Å². The molecule has 1 aromatic rings. The Labute approximate surface area is 144 Å². The maximum absolute atomic E-state index is 12.6. The summed E-state index contributed by atoms with van der Waals surface area (Å²) >= 11 is 0. The van der Waals surface area contributed by atoms with Gasteiger partial charge in [-0.1, -0.05) is 44.2 Å². The van der Waals surface area contributed by atoms with Crippen molar-refractivity contribution in [3.05, 3.63) is 35.9 Å². The summed E-state index contributed by atoms with van der Waals surface area (Å²) < 4.78 is 0. The summed E-state index contributed by atoms with van der Waals surface area (Å²) in [5.74, 6) is 0.306. The topological polar surface area (TPSA) is 69.6 Å². The van der Waals surface area contributed by atoms with Crippen molar-refractivity contribution in [1.29, 1.82) is 0 Å². The largest absolute Gasteiger partial charge is 0.481 e. The fourth-order valence-electron chi connectivity index (χ4n) is 3.13. The van der Waals surface area contributed by atoms with Crippen molar-refractivity contribution >= 4 is 12.0 Å². The van der Waals surface area contributed by atoms with Crippen LogP contribution in [0.3, 0.4) is 0 Å². The van der Waals surface area contributed by atoms with Gasteiger partial charge in [0.15, 0.2) is 0 Å². The molecule has 5 nitrogen and oxygen atoms in total. The summed E-state index contributed by atoms with van der Waals surface area (Å²) in [7, 11) is 0. The summed E-state index contributed by atoms with van der Waals surface area (Å²) in [5, 5.41) is 12.0. The molecule has 2 N–H and O–H groups in total. The quantitative estimate of drug-likeness (QED) is 0.841. The molecule has 0 spiro atoms. The van der Waals surface area contributed by atoms with Crippen molar-refractivity contribution in [3.8, 4) is 0 Å². The van der Waals surface area contributed by atoms with E-state index in [1.54, 1.807) is 0 Å². The first-order chi connectivity index (χ1) is 11.5. The molecule has 132 valence electrons. The van der Waals surface area contributed by atoms with E-state index in [0.29, 0.717) is 24.7 Å². The van der Waals surface area contributed by atoms with Crippen LogP contribution in [0.15, 0.2) is 30.3 Å². The average molecular weight is 332 g/mol. The maximum atomic E-state index is 12.6. The second-order valence-electron chi connectivity index (χ2n) is 6.96. The highest BCUT2D eigenvalue weighted by Crippen LogP contribution is 2.22. The number of carbonyl (C=O) groups is 2. The van der Waals surface area contributed by atoms with E-state index in [1.165, 1.54) is 0 Å². The number of amides is 2. The number of carbonyl (C=O) groups excluding carboxylic acids is 1. The molecule has 24 heavy (non-hydrogen) atoms. The monoisotopic (exact) mass is 332 g/mol. The van der Waals surface area contributed by atoms with Gasteiger partial charge in [0, 0.05) is 25.6 Å². The van der Waals surface area contributed by atoms with Crippen molar-refractivity contribution in [2.45, 2.75) is 45.6 Å². The van der Waals surface area contributed by atoms with Gasteiger partial charge in [0.25, 0.3) is 0 Å².